The summed E-state index contributed by atoms with van der Waals surface area (Å²) in [7, 11) is -3.53. The van der Waals surface area contributed by atoms with E-state index < -0.39 is 10.0 Å². The van der Waals surface area contributed by atoms with Crippen molar-refractivity contribution in [3.05, 3.63) is 69.2 Å². The van der Waals surface area contributed by atoms with E-state index in [4.69, 9.17) is 27.9 Å². The van der Waals surface area contributed by atoms with Crippen LogP contribution in [-0.2, 0) is 38.4 Å². The lowest BCUT2D eigenvalue weighted by molar-refractivity contribution is -0.126. The minimum atomic E-state index is -3.53. The molecule has 0 atom stereocenters. The van der Waals surface area contributed by atoms with Gasteiger partial charge in [-0.1, -0.05) is 53.5 Å². The first kappa shape index (κ1) is 26.4. The van der Waals surface area contributed by atoms with Gasteiger partial charge >= 0.3 is 0 Å². The highest BCUT2D eigenvalue weighted by atomic mass is 35.5. The van der Waals surface area contributed by atoms with E-state index in [2.05, 4.69) is 22.3 Å². The van der Waals surface area contributed by atoms with Crippen LogP contribution in [0.1, 0.15) is 29.5 Å². The van der Waals surface area contributed by atoms with Crippen LogP contribution >= 0.6 is 23.2 Å². The summed E-state index contributed by atoms with van der Waals surface area (Å²) < 4.78 is 32.6. The lowest BCUT2D eigenvalue weighted by Crippen LogP contribution is -2.43. The third kappa shape index (κ3) is 7.41. The predicted octanol–water partition coefficient (Wildman–Crippen LogP) is 3.68. The molecule has 2 aliphatic rings. The highest BCUT2D eigenvalue weighted by Crippen LogP contribution is 2.26. The summed E-state index contributed by atoms with van der Waals surface area (Å²) >= 11 is 12.1. The molecule has 1 amide bonds. The van der Waals surface area contributed by atoms with Gasteiger partial charge in [0.15, 0.2) is 0 Å². The van der Waals surface area contributed by atoms with Gasteiger partial charge < -0.3 is 10.1 Å². The summed E-state index contributed by atoms with van der Waals surface area (Å²) in [5.41, 5.74) is 2.81. The smallest absolute Gasteiger partial charge is 0.223 e. The van der Waals surface area contributed by atoms with E-state index in [0.29, 0.717) is 48.1 Å². The number of ether oxygens (including phenoxy) is 1. The summed E-state index contributed by atoms with van der Waals surface area (Å²) in [6, 6.07) is 13.1. The maximum Gasteiger partial charge on any atom is 0.223 e. The van der Waals surface area contributed by atoms with Crippen LogP contribution in [0, 0.1) is 5.92 Å². The molecule has 7 nitrogen and oxygen atoms in total. The van der Waals surface area contributed by atoms with E-state index in [0.717, 1.165) is 38.4 Å². The standard InChI is InChI=1S/C25H31Cl2N3O4S/c26-23-6-5-22(24(27)15-23)18-35(32,33)30-9-7-21(8-10-30)25(31)28-16-19-1-3-20(4-2-19)17-29-11-13-34-14-12-29/h1-6,15,21H,7-14,16-18H2,(H,28,31). The minimum Gasteiger partial charge on any atom is -0.379 e. The van der Waals surface area contributed by atoms with E-state index in [1.807, 2.05) is 12.1 Å². The number of sulfonamides is 1. The number of carbonyl (C=O) groups excluding carboxylic acids is 1. The van der Waals surface area contributed by atoms with Crippen LogP contribution in [0.25, 0.3) is 0 Å². The highest BCUT2D eigenvalue weighted by molar-refractivity contribution is 7.88. The van der Waals surface area contributed by atoms with Crippen LogP contribution in [0.5, 0.6) is 0 Å². The zero-order chi connectivity index (χ0) is 24.8. The van der Waals surface area contributed by atoms with Crippen LogP contribution < -0.4 is 5.32 Å². The molecule has 4 rings (SSSR count). The summed E-state index contributed by atoms with van der Waals surface area (Å²) in [6.45, 7) is 5.48. The van der Waals surface area contributed by atoms with Crippen molar-refractivity contribution in [3.8, 4) is 0 Å². The molecule has 0 unspecified atom stereocenters. The molecule has 35 heavy (non-hydrogen) atoms. The first-order chi connectivity index (χ1) is 16.8. The zero-order valence-corrected chi connectivity index (χ0v) is 21.9. The van der Waals surface area contributed by atoms with Crippen molar-refractivity contribution in [2.45, 2.75) is 31.7 Å². The Morgan fingerprint density at radius 3 is 2.29 bits per heavy atom. The maximum absolute atomic E-state index is 12.9. The second-order valence-corrected chi connectivity index (χ2v) is 11.9. The maximum atomic E-state index is 12.9. The van der Waals surface area contributed by atoms with Crippen molar-refractivity contribution in [1.29, 1.82) is 0 Å². The van der Waals surface area contributed by atoms with Crippen molar-refractivity contribution in [2.24, 2.45) is 5.92 Å². The Labute approximate surface area is 217 Å². The Kier molecular flexibility index (Phi) is 9.07. The number of benzene rings is 2. The van der Waals surface area contributed by atoms with E-state index >= 15 is 0 Å². The van der Waals surface area contributed by atoms with E-state index in [-0.39, 0.29) is 17.6 Å². The van der Waals surface area contributed by atoms with Gasteiger partial charge in [0.25, 0.3) is 0 Å². The van der Waals surface area contributed by atoms with E-state index in [1.165, 1.54) is 9.87 Å². The fourth-order valence-corrected chi connectivity index (χ4v) is 6.59. The lowest BCUT2D eigenvalue weighted by Gasteiger charge is -2.30. The van der Waals surface area contributed by atoms with Gasteiger partial charge in [-0.2, -0.15) is 0 Å². The molecule has 0 radical (unpaired) electrons. The molecule has 2 aliphatic heterocycles. The molecular formula is C25H31Cl2N3O4S. The first-order valence-corrected chi connectivity index (χ1v) is 14.2. The third-order valence-corrected chi connectivity index (χ3v) is 8.99. The van der Waals surface area contributed by atoms with Crippen molar-refractivity contribution in [3.63, 3.8) is 0 Å². The van der Waals surface area contributed by atoms with Crippen molar-refractivity contribution in [1.82, 2.24) is 14.5 Å². The molecule has 0 saturated carbocycles. The number of carbonyl (C=O) groups is 1. The van der Waals surface area contributed by atoms with E-state index in [9.17, 15) is 13.2 Å². The fourth-order valence-electron chi connectivity index (χ4n) is 4.44. The normalized spacial score (nSPS) is 18.5. The number of piperidine rings is 1. The number of hydrogen-bond donors (Lipinski definition) is 1. The van der Waals surface area contributed by atoms with Crippen LogP contribution in [0.4, 0.5) is 0 Å². The molecule has 2 aromatic rings. The van der Waals surface area contributed by atoms with Gasteiger partial charge in [-0.05, 0) is 41.7 Å². The number of nitrogens with one attached hydrogen (secondary N) is 1. The zero-order valence-electron chi connectivity index (χ0n) is 19.6. The Morgan fingerprint density at radius 2 is 1.63 bits per heavy atom. The summed E-state index contributed by atoms with van der Waals surface area (Å²) in [4.78, 5) is 15.1. The monoisotopic (exact) mass is 539 g/mol. The molecule has 0 bridgehead atoms. The molecule has 2 aromatic carbocycles. The lowest BCUT2D eigenvalue weighted by atomic mass is 9.97. The molecule has 10 heteroatoms. The van der Waals surface area contributed by atoms with Crippen LogP contribution in [0.3, 0.4) is 0 Å². The summed E-state index contributed by atoms with van der Waals surface area (Å²) in [6.07, 6.45) is 0.996. The van der Waals surface area contributed by atoms with Crippen molar-refractivity contribution in [2.75, 3.05) is 39.4 Å². The molecule has 2 heterocycles. The van der Waals surface area contributed by atoms with Gasteiger partial charge in [-0.15, -0.1) is 0 Å². The Bertz CT molecular complexity index is 1110. The predicted molar refractivity (Wildman–Crippen MR) is 138 cm³/mol. The Balaban J connectivity index is 1.22. The number of amides is 1. The quantitative estimate of drug-likeness (QED) is 0.553. The average molecular weight is 541 g/mol. The SMILES string of the molecule is O=C(NCc1ccc(CN2CCOCC2)cc1)C1CCN(S(=O)(=O)Cc2ccc(Cl)cc2Cl)CC1. The van der Waals surface area contributed by atoms with E-state index in [1.54, 1.807) is 18.2 Å². The summed E-state index contributed by atoms with van der Waals surface area (Å²) in [5, 5.41) is 3.81. The number of morpholine rings is 1. The number of halogens is 2. The highest BCUT2D eigenvalue weighted by Gasteiger charge is 2.31. The second kappa shape index (κ2) is 12.0. The van der Waals surface area contributed by atoms with Crippen molar-refractivity contribution < 1.29 is 17.9 Å². The number of hydrogen-bond acceptors (Lipinski definition) is 5. The van der Waals surface area contributed by atoms with Crippen molar-refractivity contribution >= 4 is 39.1 Å². The molecule has 190 valence electrons. The number of rotatable bonds is 8. The van der Waals surface area contributed by atoms with Gasteiger partial charge in [-0.25, -0.2) is 12.7 Å². The van der Waals surface area contributed by atoms with Crippen LogP contribution in [0.15, 0.2) is 42.5 Å². The molecule has 1 N–H and O–H groups in total. The minimum absolute atomic E-state index is 0.0276. The van der Waals surface area contributed by atoms with Gasteiger partial charge in [-0.3, -0.25) is 9.69 Å². The molecule has 0 spiro atoms. The largest absolute Gasteiger partial charge is 0.379 e. The molecule has 2 fully saturated rings. The number of nitrogens with zero attached hydrogens (tertiary/aromatic N) is 2. The molecular weight excluding hydrogens is 509 g/mol. The third-order valence-electron chi connectivity index (χ3n) is 6.57. The Morgan fingerprint density at radius 1 is 0.971 bits per heavy atom. The molecule has 0 aliphatic carbocycles. The fraction of sp³-hybridized carbons (Fsp3) is 0.480. The van der Waals surface area contributed by atoms with Crippen LogP contribution in [-0.4, -0.2) is 62.9 Å². The molecule has 0 aromatic heterocycles. The van der Waals surface area contributed by atoms with Gasteiger partial charge in [0, 0.05) is 55.2 Å². The first-order valence-electron chi connectivity index (χ1n) is 11.9. The summed E-state index contributed by atoms with van der Waals surface area (Å²) in [5.74, 6) is -0.400. The molecule has 2 saturated heterocycles. The van der Waals surface area contributed by atoms with Gasteiger partial charge in [0.1, 0.15) is 0 Å². The van der Waals surface area contributed by atoms with Gasteiger partial charge in [0.2, 0.25) is 15.9 Å². The van der Waals surface area contributed by atoms with Crippen LogP contribution in [0.2, 0.25) is 10.0 Å². The second-order valence-electron chi connectivity index (χ2n) is 9.09. The van der Waals surface area contributed by atoms with Gasteiger partial charge in [0.05, 0.1) is 19.0 Å². The Hall–Kier alpha value is -1.68. The average Bonchev–Trinajstić information content (AvgIpc) is 2.86. The topological polar surface area (TPSA) is 79.0 Å².